The van der Waals surface area contributed by atoms with Gasteiger partial charge in [0.15, 0.2) is 0 Å². The Balaban J connectivity index is 1.87. The van der Waals surface area contributed by atoms with E-state index in [2.05, 4.69) is 10.3 Å². The summed E-state index contributed by atoms with van der Waals surface area (Å²) in [5, 5.41) is 2.68. The number of sulfonamides is 1. The predicted octanol–water partition coefficient (Wildman–Crippen LogP) is 1.25. The van der Waals surface area contributed by atoms with Crippen LogP contribution in [0.25, 0.3) is 0 Å². The molecule has 1 aliphatic rings. The monoisotopic (exact) mass is 376 g/mol. The lowest BCUT2D eigenvalue weighted by atomic mass is 10.1. The lowest BCUT2D eigenvalue weighted by molar-refractivity contribution is 0.0730. The summed E-state index contributed by atoms with van der Waals surface area (Å²) in [4.78, 5) is 16.5. The molecule has 0 bridgehead atoms. The lowest BCUT2D eigenvalue weighted by Gasteiger charge is -2.26. The van der Waals surface area contributed by atoms with Crippen LogP contribution in [0.15, 0.2) is 41.4 Å². The summed E-state index contributed by atoms with van der Waals surface area (Å²) in [6.07, 6.45) is 1.44. The number of carbonyl (C=O) groups excluding carboxylic acids is 1. The second-order valence-corrected chi connectivity index (χ2v) is 7.83. The SMILES string of the molecule is Cc1ccc(C(=O)Nc2ccc(N)nc2)cc1S(=O)(=O)N1CCOCC1. The van der Waals surface area contributed by atoms with E-state index in [4.69, 9.17) is 10.5 Å². The number of hydrogen-bond donors (Lipinski definition) is 2. The van der Waals surface area contributed by atoms with E-state index in [0.29, 0.717) is 43.4 Å². The number of nitrogen functional groups attached to an aromatic ring is 1. The van der Waals surface area contributed by atoms with Crippen LogP contribution in [-0.2, 0) is 14.8 Å². The number of nitrogens with one attached hydrogen (secondary N) is 1. The standard InChI is InChI=1S/C17H20N4O4S/c1-12-2-3-13(17(22)20-14-4-5-16(18)19-11-14)10-15(12)26(23,24)21-6-8-25-9-7-21/h2-5,10-11H,6-9H2,1H3,(H2,18,19)(H,20,22). The molecule has 3 rings (SSSR count). The molecule has 1 fully saturated rings. The Bertz CT molecular complexity index is 907. The molecule has 1 saturated heterocycles. The van der Waals surface area contributed by atoms with Crippen molar-refractivity contribution in [2.24, 2.45) is 0 Å². The first-order valence-electron chi connectivity index (χ1n) is 8.09. The van der Waals surface area contributed by atoms with Crippen molar-refractivity contribution in [2.45, 2.75) is 11.8 Å². The van der Waals surface area contributed by atoms with Gasteiger partial charge >= 0.3 is 0 Å². The molecule has 0 unspecified atom stereocenters. The number of anilines is 2. The summed E-state index contributed by atoms with van der Waals surface area (Å²) in [6.45, 7) is 3.04. The third-order valence-electron chi connectivity index (χ3n) is 4.08. The molecule has 0 aliphatic carbocycles. The number of amides is 1. The Hall–Kier alpha value is -2.49. The van der Waals surface area contributed by atoms with Gasteiger partial charge < -0.3 is 15.8 Å². The molecule has 3 N–H and O–H groups in total. The summed E-state index contributed by atoms with van der Waals surface area (Å²) in [6, 6.07) is 7.82. The minimum Gasteiger partial charge on any atom is -0.384 e. The van der Waals surface area contributed by atoms with Gasteiger partial charge in [0, 0.05) is 18.7 Å². The van der Waals surface area contributed by atoms with E-state index in [9.17, 15) is 13.2 Å². The van der Waals surface area contributed by atoms with Crippen molar-refractivity contribution >= 4 is 27.4 Å². The molecule has 0 radical (unpaired) electrons. The highest BCUT2D eigenvalue weighted by Gasteiger charge is 2.28. The van der Waals surface area contributed by atoms with Crippen LogP contribution < -0.4 is 11.1 Å². The quantitative estimate of drug-likeness (QED) is 0.830. The first-order valence-corrected chi connectivity index (χ1v) is 9.53. The fourth-order valence-corrected chi connectivity index (χ4v) is 4.29. The van der Waals surface area contributed by atoms with Crippen molar-refractivity contribution < 1.29 is 17.9 Å². The van der Waals surface area contributed by atoms with Crippen LogP contribution in [0.4, 0.5) is 11.5 Å². The predicted molar refractivity (Wildman–Crippen MR) is 97.4 cm³/mol. The molecule has 1 aliphatic heterocycles. The number of aromatic nitrogens is 1. The van der Waals surface area contributed by atoms with Gasteiger partial charge in [0.2, 0.25) is 10.0 Å². The fraction of sp³-hybridized carbons (Fsp3) is 0.294. The summed E-state index contributed by atoms with van der Waals surface area (Å²) >= 11 is 0. The summed E-state index contributed by atoms with van der Waals surface area (Å²) < 4.78 is 32.4. The number of aryl methyl sites for hydroxylation is 1. The van der Waals surface area contributed by atoms with Crippen molar-refractivity contribution in [3.05, 3.63) is 47.7 Å². The molecule has 138 valence electrons. The Morgan fingerprint density at radius 1 is 1.23 bits per heavy atom. The van der Waals surface area contributed by atoms with Gasteiger partial charge in [0.05, 0.1) is 30.0 Å². The van der Waals surface area contributed by atoms with Crippen molar-refractivity contribution in [2.75, 3.05) is 37.4 Å². The van der Waals surface area contributed by atoms with E-state index in [1.165, 1.54) is 16.6 Å². The summed E-state index contributed by atoms with van der Waals surface area (Å²) in [7, 11) is -3.68. The molecule has 26 heavy (non-hydrogen) atoms. The van der Waals surface area contributed by atoms with E-state index in [0.717, 1.165) is 0 Å². The van der Waals surface area contributed by atoms with E-state index >= 15 is 0 Å². The zero-order valence-electron chi connectivity index (χ0n) is 14.3. The maximum Gasteiger partial charge on any atom is 0.255 e. The summed E-state index contributed by atoms with van der Waals surface area (Å²) in [5.41, 5.74) is 6.83. The average molecular weight is 376 g/mol. The smallest absolute Gasteiger partial charge is 0.255 e. The molecule has 2 heterocycles. The molecule has 0 atom stereocenters. The number of hydrogen-bond acceptors (Lipinski definition) is 6. The van der Waals surface area contributed by atoms with Crippen LogP contribution in [0.3, 0.4) is 0 Å². The van der Waals surface area contributed by atoms with Crippen LogP contribution in [0.2, 0.25) is 0 Å². The van der Waals surface area contributed by atoms with Gasteiger partial charge in [0.25, 0.3) is 5.91 Å². The molecule has 1 aromatic carbocycles. The van der Waals surface area contributed by atoms with E-state index in [1.807, 2.05) is 0 Å². The number of ether oxygens (including phenoxy) is 1. The highest BCUT2D eigenvalue weighted by atomic mass is 32.2. The molecule has 0 saturated carbocycles. The molecule has 8 nitrogen and oxygen atoms in total. The van der Waals surface area contributed by atoms with Crippen molar-refractivity contribution in [1.29, 1.82) is 0 Å². The highest BCUT2D eigenvalue weighted by molar-refractivity contribution is 7.89. The third-order valence-corrected chi connectivity index (χ3v) is 6.12. The molecule has 2 aromatic rings. The van der Waals surface area contributed by atoms with Crippen LogP contribution in [0, 0.1) is 6.92 Å². The van der Waals surface area contributed by atoms with E-state index in [1.54, 1.807) is 31.2 Å². The van der Waals surface area contributed by atoms with Crippen LogP contribution >= 0.6 is 0 Å². The Morgan fingerprint density at radius 3 is 2.62 bits per heavy atom. The lowest BCUT2D eigenvalue weighted by Crippen LogP contribution is -2.40. The van der Waals surface area contributed by atoms with E-state index in [-0.39, 0.29) is 10.5 Å². The van der Waals surface area contributed by atoms with Crippen molar-refractivity contribution in [3.63, 3.8) is 0 Å². The Labute approximate surface area is 152 Å². The topological polar surface area (TPSA) is 115 Å². The van der Waals surface area contributed by atoms with Crippen molar-refractivity contribution in [1.82, 2.24) is 9.29 Å². The first-order chi connectivity index (χ1) is 12.4. The van der Waals surface area contributed by atoms with Crippen molar-refractivity contribution in [3.8, 4) is 0 Å². The second-order valence-electron chi connectivity index (χ2n) is 5.92. The number of benzene rings is 1. The van der Waals surface area contributed by atoms with Gasteiger partial charge in [-0.25, -0.2) is 13.4 Å². The number of morpholine rings is 1. The van der Waals surface area contributed by atoms with Crippen LogP contribution in [0.1, 0.15) is 15.9 Å². The van der Waals surface area contributed by atoms with E-state index < -0.39 is 15.9 Å². The normalized spacial score (nSPS) is 15.6. The minimum atomic E-state index is -3.68. The van der Waals surface area contributed by atoms with Gasteiger partial charge in [0.1, 0.15) is 5.82 Å². The molecule has 9 heteroatoms. The molecule has 0 spiro atoms. The maximum atomic E-state index is 12.9. The second kappa shape index (κ2) is 7.40. The maximum absolute atomic E-state index is 12.9. The van der Waals surface area contributed by atoms with Crippen LogP contribution in [-0.4, -0.2) is 49.9 Å². The van der Waals surface area contributed by atoms with Gasteiger partial charge in [-0.1, -0.05) is 6.07 Å². The largest absolute Gasteiger partial charge is 0.384 e. The van der Waals surface area contributed by atoms with Gasteiger partial charge in [-0.2, -0.15) is 4.31 Å². The number of nitrogens with two attached hydrogens (primary N) is 1. The highest BCUT2D eigenvalue weighted by Crippen LogP contribution is 2.23. The fourth-order valence-electron chi connectivity index (χ4n) is 2.63. The molecule has 1 amide bonds. The van der Waals surface area contributed by atoms with Gasteiger partial charge in [-0.05, 0) is 36.8 Å². The molecule has 1 aromatic heterocycles. The van der Waals surface area contributed by atoms with Gasteiger partial charge in [-0.15, -0.1) is 0 Å². The number of pyridine rings is 1. The number of carbonyl (C=O) groups is 1. The van der Waals surface area contributed by atoms with Gasteiger partial charge in [-0.3, -0.25) is 4.79 Å². The number of nitrogens with zero attached hydrogens (tertiary/aromatic N) is 2. The third kappa shape index (κ3) is 3.85. The average Bonchev–Trinajstić information content (AvgIpc) is 2.64. The first kappa shape index (κ1) is 18.3. The molecular weight excluding hydrogens is 356 g/mol. The zero-order valence-corrected chi connectivity index (χ0v) is 15.1. The Kier molecular flexibility index (Phi) is 5.21. The summed E-state index contributed by atoms with van der Waals surface area (Å²) in [5.74, 6) is -0.0766. The zero-order chi connectivity index (χ0) is 18.7. The minimum absolute atomic E-state index is 0.127. The number of rotatable bonds is 4. The Morgan fingerprint density at radius 2 is 1.96 bits per heavy atom. The van der Waals surface area contributed by atoms with Crippen LogP contribution in [0.5, 0.6) is 0 Å². The molecular formula is C17H20N4O4S.